The molecule has 1 amide bonds. The number of hydrogen-bond donors (Lipinski definition) is 1. The van der Waals surface area contributed by atoms with E-state index in [2.05, 4.69) is 0 Å². The maximum Gasteiger partial charge on any atom is 0.267 e. The second-order valence-electron chi connectivity index (χ2n) is 6.27. The highest BCUT2D eigenvalue weighted by Gasteiger charge is 2.37. The maximum absolute atomic E-state index is 12.9. The third-order valence-corrected chi connectivity index (χ3v) is 4.60. The van der Waals surface area contributed by atoms with Gasteiger partial charge in [0.1, 0.15) is 11.9 Å². The molecule has 0 spiro atoms. The third-order valence-electron chi connectivity index (χ3n) is 4.60. The minimum absolute atomic E-state index is 0.0778. The molecule has 2 heterocycles. The Labute approximate surface area is 140 Å². The molecule has 1 N–H and O–H groups in total. The number of phenolic OH excluding ortho intramolecular Hbond substituents is 1. The molecule has 0 aromatic heterocycles. The van der Waals surface area contributed by atoms with Gasteiger partial charge in [-0.05, 0) is 48.7 Å². The molecule has 2 atom stereocenters. The Balaban J connectivity index is 1.54. The van der Waals surface area contributed by atoms with Crippen molar-refractivity contribution in [2.24, 2.45) is 0 Å². The molecule has 0 radical (unpaired) electrons. The van der Waals surface area contributed by atoms with Crippen molar-refractivity contribution < 1.29 is 19.4 Å². The van der Waals surface area contributed by atoms with Crippen LogP contribution in [0, 0.1) is 0 Å². The summed E-state index contributed by atoms with van der Waals surface area (Å²) in [5.74, 6) is 1.42. The zero-order chi connectivity index (χ0) is 16.7. The molecule has 4 rings (SSSR count). The average molecular weight is 325 g/mol. The predicted octanol–water partition coefficient (Wildman–Crippen LogP) is 2.51. The topological polar surface area (TPSA) is 59.0 Å². The highest BCUT2D eigenvalue weighted by Crippen LogP contribution is 2.34. The average Bonchev–Trinajstić information content (AvgIpc) is 2.60. The number of ether oxygens (including phenoxy) is 2. The SMILES string of the molecule is CC1Oc2ccccc2OC1C(=O)N1CCc2ccc(O)cc2C1. The molecule has 5 nitrogen and oxygen atoms in total. The van der Waals surface area contributed by atoms with Gasteiger partial charge in [-0.15, -0.1) is 0 Å². The lowest BCUT2D eigenvalue weighted by Gasteiger charge is -2.36. The molecule has 2 unspecified atom stereocenters. The van der Waals surface area contributed by atoms with E-state index in [4.69, 9.17) is 9.47 Å². The van der Waals surface area contributed by atoms with E-state index in [0.29, 0.717) is 24.6 Å². The summed E-state index contributed by atoms with van der Waals surface area (Å²) in [6.45, 7) is 2.98. The molecule has 2 aliphatic heterocycles. The van der Waals surface area contributed by atoms with Gasteiger partial charge in [0, 0.05) is 13.1 Å². The van der Waals surface area contributed by atoms with Crippen molar-refractivity contribution in [2.45, 2.75) is 32.1 Å². The van der Waals surface area contributed by atoms with E-state index in [-0.39, 0.29) is 17.8 Å². The number of carbonyl (C=O) groups is 1. The molecule has 2 aliphatic rings. The smallest absolute Gasteiger partial charge is 0.267 e. The number of amides is 1. The molecule has 2 aromatic carbocycles. The van der Waals surface area contributed by atoms with Crippen molar-refractivity contribution in [3.8, 4) is 17.2 Å². The Hall–Kier alpha value is -2.69. The number of para-hydroxylation sites is 2. The van der Waals surface area contributed by atoms with Gasteiger partial charge >= 0.3 is 0 Å². The van der Waals surface area contributed by atoms with Crippen LogP contribution in [0.15, 0.2) is 42.5 Å². The van der Waals surface area contributed by atoms with Gasteiger partial charge in [-0.25, -0.2) is 0 Å². The number of nitrogens with zero attached hydrogens (tertiary/aromatic N) is 1. The van der Waals surface area contributed by atoms with E-state index < -0.39 is 6.10 Å². The second kappa shape index (κ2) is 5.74. The van der Waals surface area contributed by atoms with Gasteiger partial charge in [0.2, 0.25) is 6.10 Å². The van der Waals surface area contributed by atoms with Crippen LogP contribution in [-0.2, 0) is 17.8 Å². The molecular weight excluding hydrogens is 306 g/mol. The monoisotopic (exact) mass is 325 g/mol. The molecule has 0 bridgehead atoms. The van der Waals surface area contributed by atoms with Crippen LogP contribution in [0.2, 0.25) is 0 Å². The fraction of sp³-hybridized carbons (Fsp3) is 0.316. The Kier molecular flexibility index (Phi) is 3.56. The van der Waals surface area contributed by atoms with Crippen LogP contribution in [0.1, 0.15) is 18.1 Å². The molecule has 0 saturated carbocycles. The zero-order valence-corrected chi connectivity index (χ0v) is 13.4. The van der Waals surface area contributed by atoms with Crippen LogP contribution in [0.25, 0.3) is 0 Å². The van der Waals surface area contributed by atoms with E-state index in [0.717, 1.165) is 12.0 Å². The van der Waals surface area contributed by atoms with Gasteiger partial charge < -0.3 is 19.5 Å². The molecule has 0 fully saturated rings. The molecule has 24 heavy (non-hydrogen) atoms. The van der Waals surface area contributed by atoms with Crippen LogP contribution in [0.5, 0.6) is 17.2 Å². The minimum atomic E-state index is -0.654. The van der Waals surface area contributed by atoms with Gasteiger partial charge in [-0.3, -0.25) is 4.79 Å². The van der Waals surface area contributed by atoms with Crippen molar-refractivity contribution in [3.63, 3.8) is 0 Å². The van der Waals surface area contributed by atoms with Crippen LogP contribution in [-0.4, -0.2) is 34.7 Å². The van der Waals surface area contributed by atoms with Gasteiger partial charge in [-0.2, -0.15) is 0 Å². The third kappa shape index (κ3) is 2.56. The summed E-state index contributed by atoms with van der Waals surface area (Å²) < 4.78 is 11.7. The van der Waals surface area contributed by atoms with Crippen molar-refractivity contribution in [3.05, 3.63) is 53.6 Å². The van der Waals surface area contributed by atoms with Crippen LogP contribution >= 0.6 is 0 Å². The highest BCUT2D eigenvalue weighted by molar-refractivity contribution is 5.82. The molecule has 124 valence electrons. The lowest BCUT2D eigenvalue weighted by atomic mass is 9.98. The summed E-state index contributed by atoms with van der Waals surface area (Å²) in [4.78, 5) is 14.7. The molecule has 0 aliphatic carbocycles. The van der Waals surface area contributed by atoms with E-state index in [1.807, 2.05) is 37.3 Å². The summed E-state index contributed by atoms with van der Waals surface area (Å²) in [7, 11) is 0. The lowest BCUT2D eigenvalue weighted by Crippen LogP contribution is -2.51. The Morgan fingerprint density at radius 3 is 2.67 bits per heavy atom. The van der Waals surface area contributed by atoms with Crippen molar-refractivity contribution in [2.75, 3.05) is 6.54 Å². The molecule has 0 saturated heterocycles. The van der Waals surface area contributed by atoms with Crippen LogP contribution in [0.3, 0.4) is 0 Å². The minimum Gasteiger partial charge on any atom is -0.508 e. The molecular formula is C19H19NO4. The largest absolute Gasteiger partial charge is 0.508 e. The second-order valence-corrected chi connectivity index (χ2v) is 6.27. The van der Waals surface area contributed by atoms with Crippen LogP contribution < -0.4 is 9.47 Å². The normalized spacial score (nSPS) is 22.0. The first-order valence-corrected chi connectivity index (χ1v) is 8.14. The number of carbonyl (C=O) groups excluding carboxylic acids is 1. The maximum atomic E-state index is 12.9. The zero-order valence-electron chi connectivity index (χ0n) is 13.4. The van der Waals surface area contributed by atoms with E-state index >= 15 is 0 Å². The summed E-state index contributed by atoms with van der Waals surface area (Å²) in [5.41, 5.74) is 2.16. The fourth-order valence-electron chi connectivity index (χ4n) is 3.30. The fourth-order valence-corrected chi connectivity index (χ4v) is 3.30. The quantitative estimate of drug-likeness (QED) is 0.875. The Bertz CT molecular complexity index is 789. The van der Waals surface area contributed by atoms with Gasteiger partial charge in [-0.1, -0.05) is 18.2 Å². The number of fused-ring (bicyclic) bond motifs is 2. The van der Waals surface area contributed by atoms with Crippen LogP contribution in [0.4, 0.5) is 0 Å². The van der Waals surface area contributed by atoms with Gasteiger partial charge in [0.15, 0.2) is 11.5 Å². The summed E-state index contributed by atoms with van der Waals surface area (Å²) in [6.07, 6.45) is -0.225. The van der Waals surface area contributed by atoms with Gasteiger partial charge in [0.05, 0.1) is 0 Å². The predicted molar refractivity (Wildman–Crippen MR) is 88.2 cm³/mol. The Morgan fingerprint density at radius 1 is 1.12 bits per heavy atom. The number of aromatic hydroxyl groups is 1. The van der Waals surface area contributed by atoms with E-state index in [9.17, 15) is 9.90 Å². The first-order chi connectivity index (χ1) is 11.6. The molecule has 2 aromatic rings. The number of phenols is 1. The van der Waals surface area contributed by atoms with Crippen molar-refractivity contribution in [1.82, 2.24) is 4.90 Å². The number of rotatable bonds is 1. The van der Waals surface area contributed by atoms with Crippen molar-refractivity contribution in [1.29, 1.82) is 0 Å². The van der Waals surface area contributed by atoms with E-state index in [1.165, 1.54) is 5.56 Å². The number of benzene rings is 2. The summed E-state index contributed by atoms with van der Waals surface area (Å²) in [5, 5.41) is 9.66. The summed E-state index contributed by atoms with van der Waals surface area (Å²) in [6, 6.07) is 12.7. The first kappa shape index (κ1) is 14.9. The van der Waals surface area contributed by atoms with E-state index in [1.54, 1.807) is 17.0 Å². The standard InChI is InChI=1S/C19H19NO4/c1-12-18(24-17-5-3-2-4-16(17)23-12)19(22)20-9-8-13-6-7-15(21)10-14(13)11-20/h2-7,10,12,18,21H,8-9,11H2,1H3. The Morgan fingerprint density at radius 2 is 1.88 bits per heavy atom. The first-order valence-electron chi connectivity index (χ1n) is 8.14. The highest BCUT2D eigenvalue weighted by atomic mass is 16.6. The van der Waals surface area contributed by atoms with Crippen molar-refractivity contribution >= 4 is 5.91 Å². The molecule has 5 heteroatoms. The summed E-state index contributed by atoms with van der Waals surface area (Å²) >= 11 is 0. The lowest BCUT2D eigenvalue weighted by molar-refractivity contribution is -0.145. The number of hydrogen-bond acceptors (Lipinski definition) is 4. The van der Waals surface area contributed by atoms with Gasteiger partial charge in [0.25, 0.3) is 5.91 Å².